The number of amides is 1. The van der Waals surface area contributed by atoms with Crippen LogP contribution in [0.5, 0.6) is 0 Å². The summed E-state index contributed by atoms with van der Waals surface area (Å²) < 4.78 is 0. The normalized spacial score (nSPS) is 14.4. The van der Waals surface area contributed by atoms with Crippen LogP contribution in [0.4, 0.5) is 17.3 Å². The molecule has 132 valence electrons. The van der Waals surface area contributed by atoms with E-state index in [2.05, 4.69) is 25.2 Å². The summed E-state index contributed by atoms with van der Waals surface area (Å²) in [6.07, 6.45) is 5.94. The highest BCUT2D eigenvalue weighted by molar-refractivity contribution is 6.30. The van der Waals surface area contributed by atoms with Gasteiger partial charge in [-0.2, -0.15) is 0 Å². The first-order chi connectivity index (χ1) is 12.1. The zero-order chi connectivity index (χ0) is 17.8. The van der Waals surface area contributed by atoms with E-state index in [1.165, 1.54) is 19.3 Å². The number of aryl methyl sites for hydroxylation is 1. The number of anilines is 3. The van der Waals surface area contributed by atoms with E-state index in [9.17, 15) is 4.79 Å². The predicted molar refractivity (Wildman–Crippen MR) is 98.5 cm³/mol. The van der Waals surface area contributed by atoms with Gasteiger partial charge in [0.2, 0.25) is 0 Å². The average Bonchev–Trinajstić information content (AvgIpc) is 2.63. The molecule has 3 heterocycles. The van der Waals surface area contributed by atoms with Gasteiger partial charge in [0.15, 0.2) is 16.7 Å². The Morgan fingerprint density at radius 1 is 1.28 bits per heavy atom. The number of aromatic nitrogens is 3. The SMILES string of the molecule is CCc1nc(C(N)=O)c(Nc2ccc(N3CCCCC3)nc2)nc1Cl. The number of carbonyl (C=O) groups is 1. The predicted octanol–water partition coefficient (Wildman–Crippen LogP) is 2.92. The van der Waals surface area contributed by atoms with Crippen LogP contribution in [0.3, 0.4) is 0 Å². The molecule has 1 aliphatic rings. The zero-order valence-corrected chi connectivity index (χ0v) is 14.9. The molecule has 0 atom stereocenters. The summed E-state index contributed by atoms with van der Waals surface area (Å²) in [4.78, 5) is 26.9. The maximum Gasteiger partial charge on any atom is 0.271 e. The van der Waals surface area contributed by atoms with Crippen LogP contribution in [0.1, 0.15) is 42.4 Å². The summed E-state index contributed by atoms with van der Waals surface area (Å²) in [5, 5.41) is 3.29. The Hall–Kier alpha value is -2.41. The minimum absolute atomic E-state index is 0.0707. The first-order valence-corrected chi connectivity index (χ1v) is 8.80. The molecule has 25 heavy (non-hydrogen) atoms. The smallest absolute Gasteiger partial charge is 0.271 e. The molecular formula is C17H21ClN6O. The number of nitrogens with one attached hydrogen (secondary N) is 1. The summed E-state index contributed by atoms with van der Waals surface area (Å²) >= 11 is 6.11. The van der Waals surface area contributed by atoms with E-state index in [4.69, 9.17) is 17.3 Å². The van der Waals surface area contributed by atoms with Crippen LogP contribution in [-0.4, -0.2) is 33.9 Å². The number of carbonyl (C=O) groups excluding carboxylic acids is 1. The van der Waals surface area contributed by atoms with Crippen molar-refractivity contribution >= 4 is 34.8 Å². The lowest BCUT2D eigenvalue weighted by atomic mass is 10.1. The fraction of sp³-hybridized carbons (Fsp3) is 0.412. The van der Waals surface area contributed by atoms with Crippen LogP contribution >= 0.6 is 11.6 Å². The second kappa shape index (κ2) is 7.65. The molecule has 1 aliphatic heterocycles. The number of hydrogen-bond acceptors (Lipinski definition) is 6. The summed E-state index contributed by atoms with van der Waals surface area (Å²) in [6.45, 7) is 3.95. The summed E-state index contributed by atoms with van der Waals surface area (Å²) in [5.74, 6) is 0.535. The van der Waals surface area contributed by atoms with Crippen LogP contribution in [0.2, 0.25) is 5.15 Å². The Morgan fingerprint density at radius 2 is 2.04 bits per heavy atom. The molecule has 0 unspecified atom stereocenters. The van der Waals surface area contributed by atoms with Gasteiger partial charge >= 0.3 is 0 Å². The minimum Gasteiger partial charge on any atom is -0.364 e. The molecule has 0 radical (unpaired) electrons. The lowest BCUT2D eigenvalue weighted by molar-refractivity contribution is 0.0996. The van der Waals surface area contributed by atoms with Crippen molar-refractivity contribution in [3.8, 4) is 0 Å². The van der Waals surface area contributed by atoms with Crippen LogP contribution in [0.15, 0.2) is 18.3 Å². The number of nitrogens with two attached hydrogens (primary N) is 1. The van der Waals surface area contributed by atoms with Crippen molar-refractivity contribution in [2.45, 2.75) is 32.6 Å². The second-order valence-corrected chi connectivity index (χ2v) is 6.31. The molecule has 1 saturated heterocycles. The van der Waals surface area contributed by atoms with Gasteiger partial charge in [0, 0.05) is 13.1 Å². The molecule has 2 aromatic heterocycles. The highest BCUT2D eigenvalue weighted by Crippen LogP contribution is 2.24. The topological polar surface area (TPSA) is 97.0 Å². The Kier molecular flexibility index (Phi) is 5.33. The molecule has 3 rings (SSSR count). The lowest BCUT2D eigenvalue weighted by Crippen LogP contribution is -2.30. The summed E-state index contributed by atoms with van der Waals surface area (Å²) in [6, 6.07) is 3.85. The quantitative estimate of drug-likeness (QED) is 0.850. The van der Waals surface area contributed by atoms with E-state index >= 15 is 0 Å². The third kappa shape index (κ3) is 3.99. The van der Waals surface area contributed by atoms with E-state index in [0.717, 1.165) is 18.9 Å². The van der Waals surface area contributed by atoms with Crippen molar-refractivity contribution in [1.82, 2.24) is 15.0 Å². The number of rotatable bonds is 5. The van der Waals surface area contributed by atoms with Gasteiger partial charge in [-0.1, -0.05) is 18.5 Å². The molecule has 1 fully saturated rings. The van der Waals surface area contributed by atoms with Gasteiger partial charge in [-0.15, -0.1) is 0 Å². The van der Waals surface area contributed by atoms with E-state index in [-0.39, 0.29) is 16.7 Å². The monoisotopic (exact) mass is 360 g/mol. The minimum atomic E-state index is -0.653. The van der Waals surface area contributed by atoms with Crippen molar-refractivity contribution in [3.63, 3.8) is 0 Å². The highest BCUT2D eigenvalue weighted by atomic mass is 35.5. The average molecular weight is 361 g/mol. The molecule has 0 spiro atoms. The highest BCUT2D eigenvalue weighted by Gasteiger charge is 2.17. The van der Waals surface area contributed by atoms with Crippen molar-refractivity contribution in [2.75, 3.05) is 23.3 Å². The fourth-order valence-corrected chi connectivity index (χ4v) is 3.10. The van der Waals surface area contributed by atoms with Crippen LogP contribution in [0, 0.1) is 0 Å². The number of primary amides is 1. The van der Waals surface area contributed by atoms with Gasteiger partial charge in [0.25, 0.3) is 5.91 Å². The Labute approximate surface area is 151 Å². The molecule has 8 heteroatoms. The van der Waals surface area contributed by atoms with Crippen LogP contribution in [0.25, 0.3) is 0 Å². The van der Waals surface area contributed by atoms with Gasteiger partial charge < -0.3 is 16.0 Å². The maximum atomic E-state index is 11.7. The molecule has 0 saturated carbocycles. The Bertz CT molecular complexity index is 758. The first-order valence-electron chi connectivity index (χ1n) is 8.42. The molecule has 2 aromatic rings. The molecule has 3 N–H and O–H groups in total. The summed E-state index contributed by atoms with van der Waals surface area (Å²) in [7, 11) is 0. The number of piperidine rings is 1. The van der Waals surface area contributed by atoms with Crippen molar-refractivity contribution in [1.29, 1.82) is 0 Å². The molecule has 0 aliphatic carbocycles. The molecule has 0 bridgehead atoms. The van der Waals surface area contributed by atoms with Crippen molar-refractivity contribution < 1.29 is 4.79 Å². The largest absolute Gasteiger partial charge is 0.364 e. The van der Waals surface area contributed by atoms with Gasteiger partial charge in [-0.05, 0) is 37.8 Å². The third-order valence-corrected chi connectivity index (χ3v) is 4.48. The molecule has 7 nitrogen and oxygen atoms in total. The van der Waals surface area contributed by atoms with E-state index < -0.39 is 5.91 Å². The maximum absolute atomic E-state index is 11.7. The number of halogens is 1. The van der Waals surface area contributed by atoms with Crippen LogP contribution < -0.4 is 16.0 Å². The molecular weight excluding hydrogens is 340 g/mol. The van der Waals surface area contributed by atoms with E-state index in [0.29, 0.717) is 17.8 Å². The van der Waals surface area contributed by atoms with E-state index in [1.54, 1.807) is 6.20 Å². The van der Waals surface area contributed by atoms with Gasteiger partial charge in [-0.25, -0.2) is 15.0 Å². The van der Waals surface area contributed by atoms with Gasteiger partial charge in [-0.3, -0.25) is 4.79 Å². The molecule has 0 aromatic carbocycles. The van der Waals surface area contributed by atoms with E-state index in [1.807, 2.05) is 19.1 Å². The molecule has 1 amide bonds. The summed E-state index contributed by atoms with van der Waals surface area (Å²) in [5.41, 5.74) is 6.72. The lowest BCUT2D eigenvalue weighted by Gasteiger charge is -2.27. The fourth-order valence-electron chi connectivity index (χ4n) is 2.84. The third-order valence-electron chi connectivity index (χ3n) is 4.18. The van der Waals surface area contributed by atoms with Crippen molar-refractivity contribution in [3.05, 3.63) is 34.9 Å². The standard InChI is InChI=1S/C17H21ClN6O/c1-2-12-15(18)23-17(14(22-12)16(19)25)21-11-6-7-13(20-10-11)24-8-4-3-5-9-24/h6-7,10H,2-5,8-9H2,1H3,(H2,19,25)(H,21,23). The number of hydrogen-bond donors (Lipinski definition) is 2. The Morgan fingerprint density at radius 3 is 2.64 bits per heavy atom. The zero-order valence-electron chi connectivity index (χ0n) is 14.1. The first kappa shape index (κ1) is 17.4. The second-order valence-electron chi connectivity index (χ2n) is 5.95. The van der Waals surface area contributed by atoms with Crippen LogP contribution in [-0.2, 0) is 6.42 Å². The van der Waals surface area contributed by atoms with Crippen molar-refractivity contribution in [2.24, 2.45) is 5.73 Å². The Balaban J connectivity index is 1.82. The number of nitrogens with zero attached hydrogens (tertiary/aromatic N) is 4. The van der Waals surface area contributed by atoms with Gasteiger partial charge in [0.1, 0.15) is 5.82 Å². The van der Waals surface area contributed by atoms with Gasteiger partial charge in [0.05, 0.1) is 17.6 Å². The number of pyridine rings is 1.